The van der Waals surface area contributed by atoms with E-state index >= 15 is 0 Å². The summed E-state index contributed by atoms with van der Waals surface area (Å²) in [4.78, 5) is 22.2. The van der Waals surface area contributed by atoms with E-state index in [1.54, 1.807) is 0 Å². The average molecular weight is 405 g/mol. The highest BCUT2D eigenvalue weighted by atomic mass is 35.5. The van der Waals surface area contributed by atoms with Crippen LogP contribution in [-0.2, 0) is 11.0 Å². The average Bonchev–Trinajstić information content (AvgIpc) is 2.62. The van der Waals surface area contributed by atoms with Gasteiger partial charge in [-0.25, -0.2) is 4.98 Å². The van der Waals surface area contributed by atoms with Crippen molar-refractivity contribution in [1.29, 1.82) is 0 Å². The number of carbonyl (C=O) groups is 1. The van der Waals surface area contributed by atoms with Gasteiger partial charge < -0.3 is 9.80 Å². The first kappa shape index (κ1) is 20.2. The Hall–Kier alpha value is -1.54. The van der Waals surface area contributed by atoms with Gasteiger partial charge in [-0.2, -0.15) is 13.2 Å². The molecule has 3 heterocycles. The summed E-state index contributed by atoms with van der Waals surface area (Å²) < 4.78 is 38.2. The van der Waals surface area contributed by atoms with Crippen molar-refractivity contribution in [2.75, 3.05) is 50.7 Å². The quantitative estimate of drug-likeness (QED) is 0.776. The maximum absolute atomic E-state index is 12.7. The first-order valence-corrected chi connectivity index (χ1v) is 9.59. The summed E-state index contributed by atoms with van der Waals surface area (Å²) in [6, 6.07) is 0.914. The monoisotopic (exact) mass is 404 g/mol. The molecule has 2 aliphatic heterocycles. The van der Waals surface area contributed by atoms with E-state index in [2.05, 4.69) is 16.8 Å². The Morgan fingerprint density at radius 2 is 1.81 bits per heavy atom. The summed E-state index contributed by atoms with van der Waals surface area (Å²) in [5.41, 5.74) is -0.851. The van der Waals surface area contributed by atoms with Crippen LogP contribution in [0.2, 0.25) is 5.02 Å². The second kappa shape index (κ2) is 8.22. The third-order valence-corrected chi connectivity index (χ3v) is 5.59. The number of halogens is 4. The molecule has 150 valence electrons. The van der Waals surface area contributed by atoms with Gasteiger partial charge in [-0.15, -0.1) is 0 Å². The van der Waals surface area contributed by atoms with Crippen molar-refractivity contribution in [3.8, 4) is 0 Å². The fraction of sp³-hybridized carbons (Fsp3) is 0.667. The molecule has 0 spiro atoms. The smallest absolute Gasteiger partial charge is 0.353 e. The van der Waals surface area contributed by atoms with Crippen LogP contribution in [0.1, 0.15) is 25.3 Å². The van der Waals surface area contributed by atoms with Crippen LogP contribution in [0.4, 0.5) is 19.0 Å². The molecule has 1 aromatic rings. The van der Waals surface area contributed by atoms with Crippen molar-refractivity contribution >= 4 is 23.3 Å². The molecule has 3 rings (SSSR count). The first-order chi connectivity index (χ1) is 12.7. The van der Waals surface area contributed by atoms with Crippen LogP contribution in [0.15, 0.2) is 12.3 Å². The van der Waals surface area contributed by atoms with Gasteiger partial charge in [-0.05, 0) is 24.8 Å². The molecule has 0 atom stereocenters. The number of piperidine rings is 1. The molecule has 2 saturated heterocycles. The van der Waals surface area contributed by atoms with E-state index in [0.717, 1.165) is 38.2 Å². The van der Waals surface area contributed by atoms with Crippen LogP contribution in [0.5, 0.6) is 0 Å². The second-order valence-corrected chi connectivity index (χ2v) is 7.76. The fourth-order valence-electron chi connectivity index (χ4n) is 3.49. The number of piperazine rings is 1. The summed E-state index contributed by atoms with van der Waals surface area (Å²) in [7, 11) is 0. The van der Waals surface area contributed by atoms with Crippen molar-refractivity contribution in [3.63, 3.8) is 0 Å². The van der Waals surface area contributed by atoms with Gasteiger partial charge in [-0.3, -0.25) is 9.69 Å². The lowest BCUT2D eigenvalue weighted by Crippen LogP contribution is -2.51. The molecule has 5 nitrogen and oxygen atoms in total. The van der Waals surface area contributed by atoms with Crippen molar-refractivity contribution in [1.82, 2.24) is 14.8 Å². The van der Waals surface area contributed by atoms with E-state index in [1.807, 2.05) is 9.80 Å². The minimum absolute atomic E-state index is 0.00297. The molecular formula is C18H24ClF3N4O. The molecule has 0 saturated carbocycles. The highest BCUT2D eigenvalue weighted by Gasteiger charge is 2.32. The summed E-state index contributed by atoms with van der Waals surface area (Å²) in [5, 5.41) is -0.00297. The highest BCUT2D eigenvalue weighted by Crippen LogP contribution is 2.33. The molecule has 2 fully saturated rings. The van der Waals surface area contributed by atoms with E-state index in [4.69, 9.17) is 11.6 Å². The SMILES string of the molecule is CC1CCN(C(=O)CN2CCN(c3ncc(C(F)(F)F)cc3Cl)CC2)CC1. The predicted octanol–water partition coefficient (Wildman–Crippen LogP) is 3.13. The minimum Gasteiger partial charge on any atom is -0.353 e. The Kier molecular flexibility index (Phi) is 6.15. The van der Waals surface area contributed by atoms with Crippen LogP contribution < -0.4 is 4.90 Å². The van der Waals surface area contributed by atoms with Crippen LogP contribution >= 0.6 is 11.6 Å². The number of anilines is 1. The van der Waals surface area contributed by atoms with Crippen LogP contribution in [-0.4, -0.2) is 66.5 Å². The van der Waals surface area contributed by atoms with Gasteiger partial charge in [0.1, 0.15) is 5.82 Å². The molecule has 27 heavy (non-hydrogen) atoms. The normalized spacial score (nSPS) is 20.2. The number of aromatic nitrogens is 1. The summed E-state index contributed by atoms with van der Waals surface area (Å²) >= 11 is 6.02. The van der Waals surface area contributed by atoms with E-state index in [9.17, 15) is 18.0 Å². The van der Waals surface area contributed by atoms with Gasteiger partial charge in [0, 0.05) is 45.5 Å². The predicted molar refractivity (Wildman–Crippen MR) is 97.9 cm³/mol. The van der Waals surface area contributed by atoms with E-state index in [1.165, 1.54) is 0 Å². The zero-order valence-electron chi connectivity index (χ0n) is 15.3. The number of nitrogens with zero attached hydrogens (tertiary/aromatic N) is 4. The van der Waals surface area contributed by atoms with Crippen molar-refractivity contribution < 1.29 is 18.0 Å². The lowest BCUT2D eigenvalue weighted by Gasteiger charge is -2.37. The summed E-state index contributed by atoms with van der Waals surface area (Å²) in [6.45, 7) is 6.68. The zero-order chi connectivity index (χ0) is 19.6. The molecule has 0 aromatic carbocycles. The Morgan fingerprint density at radius 1 is 1.19 bits per heavy atom. The Bertz CT molecular complexity index is 669. The summed E-state index contributed by atoms with van der Waals surface area (Å²) in [6.07, 6.45) is -1.54. The van der Waals surface area contributed by atoms with Gasteiger partial charge in [0.05, 0.1) is 17.1 Å². The van der Waals surface area contributed by atoms with Gasteiger partial charge in [0.2, 0.25) is 5.91 Å². The Labute approximate surface area is 162 Å². The van der Waals surface area contributed by atoms with Gasteiger partial charge >= 0.3 is 6.18 Å². The number of alkyl halides is 3. The number of rotatable bonds is 3. The Morgan fingerprint density at radius 3 is 2.37 bits per heavy atom. The second-order valence-electron chi connectivity index (χ2n) is 7.35. The molecule has 1 aromatic heterocycles. The molecular weight excluding hydrogens is 381 g/mol. The van der Waals surface area contributed by atoms with Gasteiger partial charge in [-0.1, -0.05) is 18.5 Å². The minimum atomic E-state index is -4.46. The van der Waals surface area contributed by atoms with E-state index in [0.29, 0.717) is 44.5 Å². The number of pyridine rings is 1. The number of hydrogen-bond donors (Lipinski definition) is 0. The van der Waals surface area contributed by atoms with Crippen LogP contribution in [0, 0.1) is 5.92 Å². The molecule has 2 aliphatic rings. The molecule has 0 N–H and O–H groups in total. The molecule has 9 heteroatoms. The van der Waals surface area contributed by atoms with Crippen molar-refractivity contribution in [3.05, 3.63) is 22.8 Å². The Balaban J connectivity index is 1.52. The largest absolute Gasteiger partial charge is 0.417 e. The fourth-order valence-corrected chi connectivity index (χ4v) is 3.77. The lowest BCUT2D eigenvalue weighted by molar-refractivity contribution is -0.137. The number of likely N-dealkylation sites (tertiary alicyclic amines) is 1. The molecule has 0 bridgehead atoms. The molecule has 0 radical (unpaired) electrons. The van der Waals surface area contributed by atoms with Gasteiger partial charge in [0.15, 0.2) is 0 Å². The van der Waals surface area contributed by atoms with Crippen molar-refractivity contribution in [2.45, 2.75) is 25.9 Å². The molecule has 1 amide bonds. The third-order valence-electron chi connectivity index (χ3n) is 5.32. The lowest BCUT2D eigenvalue weighted by atomic mass is 9.99. The number of hydrogen-bond acceptors (Lipinski definition) is 4. The van der Waals surface area contributed by atoms with Crippen molar-refractivity contribution in [2.24, 2.45) is 5.92 Å². The molecule has 0 unspecified atom stereocenters. The standard InChI is InChI=1S/C18H24ClF3N4O/c1-13-2-4-25(5-3-13)16(27)12-24-6-8-26(9-7-24)17-15(19)10-14(11-23-17)18(20,21)22/h10-11,13H,2-9,12H2,1H3. The first-order valence-electron chi connectivity index (χ1n) is 9.22. The van der Waals surface area contributed by atoms with Crippen LogP contribution in [0.3, 0.4) is 0 Å². The summed E-state index contributed by atoms with van der Waals surface area (Å²) in [5.74, 6) is 1.19. The molecule has 0 aliphatic carbocycles. The van der Waals surface area contributed by atoms with E-state index in [-0.39, 0.29) is 10.9 Å². The number of carbonyl (C=O) groups excluding carboxylic acids is 1. The zero-order valence-corrected chi connectivity index (χ0v) is 16.1. The van der Waals surface area contributed by atoms with Crippen LogP contribution in [0.25, 0.3) is 0 Å². The topological polar surface area (TPSA) is 39.7 Å². The van der Waals surface area contributed by atoms with E-state index < -0.39 is 11.7 Å². The highest BCUT2D eigenvalue weighted by molar-refractivity contribution is 6.33. The third kappa shape index (κ3) is 5.04. The number of amides is 1. The van der Waals surface area contributed by atoms with Gasteiger partial charge in [0.25, 0.3) is 0 Å². The maximum atomic E-state index is 12.7. The maximum Gasteiger partial charge on any atom is 0.417 e.